The molecule has 2 heterocycles. The number of hydrogen-bond donors (Lipinski definition) is 1. The van der Waals surface area contributed by atoms with Crippen LogP contribution in [-0.4, -0.2) is 21.1 Å². The maximum absolute atomic E-state index is 13.3. The lowest BCUT2D eigenvalue weighted by atomic mass is 10.2. The van der Waals surface area contributed by atoms with Gasteiger partial charge >= 0.3 is 0 Å². The van der Waals surface area contributed by atoms with Crippen LogP contribution in [0.25, 0.3) is 11.0 Å². The van der Waals surface area contributed by atoms with Gasteiger partial charge in [0.2, 0.25) is 0 Å². The molecule has 1 aromatic carbocycles. The summed E-state index contributed by atoms with van der Waals surface area (Å²) in [6, 6.07) is 9.39. The number of benzene rings is 1. The summed E-state index contributed by atoms with van der Waals surface area (Å²) < 4.78 is 15.3. The number of halogens is 1. The van der Waals surface area contributed by atoms with E-state index in [1.54, 1.807) is 6.20 Å². The van der Waals surface area contributed by atoms with E-state index in [9.17, 15) is 4.39 Å². The Morgan fingerprint density at radius 2 is 2.05 bits per heavy atom. The number of pyridine rings is 1. The van der Waals surface area contributed by atoms with E-state index < -0.39 is 0 Å². The average Bonchev–Trinajstić information content (AvgIpc) is 2.78. The summed E-state index contributed by atoms with van der Waals surface area (Å²) in [6.07, 6.45) is 3.57. The fourth-order valence-electron chi connectivity index (χ4n) is 2.35. The molecule has 0 aliphatic heterocycles. The maximum atomic E-state index is 13.3. The molecule has 0 saturated carbocycles. The minimum absolute atomic E-state index is 0.327. The Hall–Kier alpha value is -2.27. The van der Waals surface area contributed by atoms with Gasteiger partial charge in [-0.05, 0) is 30.3 Å². The predicted octanol–water partition coefficient (Wildman–Crippen LogP) is 2.12. The van der Waals surface area contributed by atoms with Crippen LogP contribution in [0.2, 0.25) is 0 Å². The van der Waals surface area contributed by atoms with Gasteiger partial charge in [0.1, 0.15) is 11.6 Å². The number of imidazole rings is 1. The zero-order chi connectivity index (χ0) is 13.9. The van der Waals surface area contributed by atoms with Crippen LogP contribution in [0.1, 0.15) is 11.4 Å². The van der Waals surface area contributed by atoms with Crippen molar-refractivity contribution in [1.82, 2.24) is 14.5 Å². The third kappa shape index (κ3) is 2.40. The Morgan fingerprint density at radius 3 is 2.85 bits per heavy atom. The van der Waals surface area contributed by atoms with Gasteiger partial charge in [0.05, 0.1) is 23.8 Å². The van der Waals surface area contributed by atoms with Crippen LogP contribution >= 0.6 is 0 Å². The van der Waals surface area contributed by atoms with Crippen molar-refractivity contribution in [2.24, 2.45) is 5.73 Å². The number of fused-ring (bicyclic) bond motifs is 1. The van der Waals surface area contributed by atoms with Crippen molar-refractivity contribution in [3.05, 3.63) is 59.9 Å². The standard InChI is InChI=1S/C15H15FN4/c16-12-7-11(8-18-9-12)10-20-14-4-2-1-3-13(14)19-15(20)5-6-17/h1-4,7-9H,5-6,10,17H2. The zero-order valence-electron chi connectivity index (χ0n) is 11.0. The van der Waals surface area contributed by atoms with Crippen molar-refractivity contribution in [1.29, 1.82) is 0 Å². The summed E-state index contributed by atoms with van der Waals surface area (Å²) in [6.45, 7) is 1.07. The molecule has 0 fully saturated rings. The summed E-state index contributed by atoms with van der Waals surface area (Å²) in [5.41, 5.74) is 8.41. The maximum Gasteiger partial charge on any atom is 0.141 e. The molecule has 0 spiro atoms. The van der Waals surface area contributed by atoms with Crippen LogP contribution in [-0.2, 0) is 13.0 Å². The van der Waals surface area contributed by atoms with Crippen LogP contribution in [0.4, 0.5) is 4.39 Å². The van der Waals surface area contributed by atoms with Gasteiger partial charge < -0.3 is 10.3 Å². The molecule has 0 aliphatic carbocycles. The monoisotopic (exact) mass is 270 g/mol. The van der Waals surface area contributed by atoms with Gasteiger partial charge in [0.25, 0.3) is 0 Å². The minimum Gasteiger partial charge on any atom is -0.330 e. The van der Waals surface area contributed by atoms with Gasteiger partial charge in [-0.15, -0.1) is 0 Å². The summed E-state index contributed by atoms with van der Waals surface area (Å²) in [5.74, 6) is 0.588. The molecule has 0 bridgehead atoms. The first kappa shape index (κ1) is 12.7. The van der Waals surface area contributed by atoms with Crippen molar-refractivity contribution in [3.8, 4) is 0 Å². The van der Waals surface area contributed by atoms with E-state index in [-0.39, 0.29) is 5.82 Å². The van der Waals surface area contributed by atoms with E-state index in [0.29, 0.717) is 19.5 Å². The SMILES string of the molecule is NCCc1nc2ccccc2n1Cc1cncc(F)c1. The highest BCUT2D eigenvalue weighted by atomic mass is 19.1. The smallest absolute Gasteiger partial charge is 0.141 e. The van der Waals surface area contributed by atoms with E-state index in [2.05, 4.69) is 14.5 Å². The lowest BCUT2D eigenvalue weighted by Gasteiger charge is -2.08. The second kappa shape index (κ2) is 5.38. The summed E-state index contributed by atoms with van der Waals surface area (Å²) in [7, 11) is 0. The molecule has 0 unspecified atom stereocenters. The summed E-state index contributed by atoms with van der Waals surface area (Å²) >= 11 is 0. The first-order valence-electron chi connectivity index (χ1n) is 6.51. The van der Waals surface area contributed by atoms with Gasteiger partial charge in [-0.3, -0.25) is 4.98 Å². The quantitative estimate of drug-likeness (QED) is 0.790. The number of hydrogen-bond acceptors (Lipinski definition) is 3. The van der Waals surface area contributed by atoms with Crippen LogP contribution in [0.3, 0.4) is 0 Å². The Labute approximate surface area is 116 Å². The highest BCUT2D eigenvalue weighted by Gasteiger charge is 2.10. The van der Waals surface area contributed by atoms with Crippen LogP contribution < -0.4 is 5.73 Å². The van der Waals surface area contributed by atoms with Gasteiger partial charge in [-0.1, -0.05) is 12.1 Å². The number of para-hydroxylation sites is 2. The van der Waals surface area contributed by atoms with Gasteiger partial charge in [-0.2, -0.15) is 0 Å². The predicted molar refractivity (Wildman–Crippen MR) is 75.8 cm³/mol. The molecule has 5 heteroatoms. The molecule has 102 valence electrons. The van der Waals surface area contributed by atoms with E-state index in [1.165, 1.54) is 12.3 Å². The number of rotatable bonds is 4. The molecule has 3 aromatic rings. The molecule has 4 nitrogen and oxygen atoms in total. The molecule has 3 rings (SSSR count). The number of aromatic nitrogens is 3. The molecule has 0 radical (unpaired) electrons. The van der Waals surface area contributed by atoms with Gasteiger partial charge in [-0.25, -0.2) is 9.37 Å². The third-order valence-corrected chi connectivity index (χ3v) is 3.20. The molecular weight excluding hydrogens is 255 g/mol. The summed E-state index contributed by atoms with van der Waals surface area (Å²) in [5, 5.41) is 0. The molecule has 2 N–H and O–H groups in total. The molecular formula is C15H15FN4. The van der Waals surface area contributed by atoms with Gasteiger partial charge in [0, 0.05) is 12.6 Å². The first-order chi connectivity index (χ1) is 9.78. The molecule has 0 amide bonds. The Morgan fingerprint density at radius 1 is 1.20 bits per heavy atom. The van der Waals surface area contributed by atoms with Crippen LogP contribution in [0.5, 0.6) is 0 Å². The van der Waals surface area contributed by atoms with E-state index in [1.807, 2.05) is 24.3 Å². The van der Waals surface area contributed by atoms with Crippen molar-refractivity contribution < 1.29 is 4.39 Å². The Kier molecular flexibility index (Phi) is 3.43. The zero-order valence-corrected chi connectivity index (χ0v) is 11.0. The number of nitrogens with zero attached hydrogens (tertiary/aromatic N) is 3. The van der Waals surface area contributed by atoms with Crippen molar-refractivity contribution >= 4 is 11.0 Å². The lowest BCUT2D eigenvalue weighted by molar-refractivity contribution is 0.615. The summed E-state index contributed by atoms with van der Waals surface area (Å²) in [4.78, 5) is 8.48. The van der Waals surface area contributed by atoms with Crippen LogP contribution in [0.15, 0.2) is 42.7 Å². The van der Waals surface area contributed by atoms with Crippen LogP contribution in [0, 0.1) is 5.82 Å². The topological polar surface area (TPSA) is 56.7 Å². The Bertz CT molecular complexity index is 736. The Balaban J connectivity index is 2.06. The minimum atomic E-state index is -0.327. The molecule has 0 aliphatic rings. The fourth-order valence-corrected chi connectivity index (χ4v) is 2.35. The van der Waals surface area contributed by atoms with Gasteiger partial charge in [0.15, 0.2) is 0 Å². The van der Waals surface area contributed by atoms with E-state index >= 15 is 0 Å². The molecule has 20 heavy (non-hydrogen) atoms. The fraction of sp³-hybridized carbons (Fsp3) is 0.200. The molecule has 2 aromatic heterocycles. The second-order valence-corrected chi connectivity index (χ2v) is 4.65. The highest BCUT2D eigenvalue weighted by molar-refractivity contribution is 5.76. The molecule has 0 atom stereocenters. The lowest BCUT2D eigenvalue weighted by Crippen LogP contribution is -2.11. The van der Waals surface area contributed by atoms with Crippen molar-refractivity contribution in [3.63, 3.8) is 0 Å². The second-order valence-electron chi connectivity index (χ2n) is 4.65. The first-order valence-corrected chi connectivity index (χ1v) is 6.51. The highest BCUT2D eigenvalue weighted by Crippen LogP contribution is 2.18. The average molecular weight is 270 g/mol. The normalized spacial score (nSPS) is 11.1. The number of nitrogens with two attached hydrogens (primary N) is 1. The molecule has 0 saturated heterocycles. The van der Waals surface area contributed by atoms with Crippen molar-refractivity contribution in [2.75, 3.05) is 6.54 Å². The van der Waals surface area contributed by atoms with E-state index in [0.717, 1.165) is 22.4 Å². The van der Waals surface area contributed by atoms with Crippen molar-refractivity contribution in [2.45, 2.75) is 13.0 Å². The third-order valence-electron chi connectivity index (χ3n) is 3.20. The largest absolute Gasteiger partial charge is 0.330 e. The van der Waals surface area contributed by atoms with E-state index in [4.69, 9.17) is 5.73 Å².